The van der Waals surface area contributed by atoms with Crippen LogP contribution in [0.25, 0.3) is 0 Å². The Bertz CT molecular complexity index is 2580. The number of carboxylic acid groups (broad SMARTS) is 1. The van der Waals surface area contributed by atoms with E-state index in [1.165, 1.54) is 0 Å². The highest BCUT2D eigenvalue weighted by molar-refractivity contribution is 5.77. The summed E-state index contributed by atoms with van der Waals surface area (Å²) in [6, 6.07) is 0. The Hall–Kier alpha value is -2.40. The summed E-state index contributed by atoms with van der Waals surface area (Å²) in [5, 5.41) is 193. The van der Waals surface area contributed by atoms with E-state index in [9.17, 15) is 102 Å². The molecular weight excluding hydrogens is 1230 g/mol. The first-order valence-corrected chi connectivity index (χ1v) is 32.1. The molecule has 9 fully saturated rings. The second-order valence-corrected chi connectivity index (χ2v) is 29.3. The molecule has 5 heterocycles. The molecule has 34 unspecified atom stereocenters. The average molecular weight is 1330 g/mol. The molecule has 31 heteroatoms. The molecule has 4 saturated carbocycles. The maximum absolute atomic E-state index is 14.2. The molecule has 5 aliphatic carbocycles. The molecule has 10 rings (SSSR count). The van der Waals surface area contributed by atoms with Crippen molar-refractivity contribution in [2.45, 2.75) is 259 Å². The Morgan fingerprint density at radius 1 is 0.587 bits per heavy atom. The second kappa shape index (κ2) is 27.4. The lowest BCUT2D eigenvalue weighted by atomic mass is 9.33. The van der Waals surface area contributed by atoms with Gasteiger partial charge in [0.25, 0.3) is 0 Å². The lowest BCUT2D eigenvalue weighted by Gasteiger charge is -2.72. The van der Waals surface area contributed by atoms with Gasteiger partial charge in [0.2, 0.25) is 0 Å². The highest BCUT2D eigenvalue weighted by atomic mass is 16.8. The van der Waals surface area contributed by atoms with Crippen molar-refractivity contribution in [1.82, 2.24) is 0 Å². The van der Waals surface area contributed by atoms with Crippen molar-refractivity contribution < 1.29 is 154 Å². The first-order valence-electron chi connectivity index (χ1n) is 32.1. The fourth-order valence-electron chi connectivity index (χ4n) is 17.9. The normalized spacial score (nSPS) is 52.3. The van der Waals surface area contributed by atoms with Crippen LogP contribution in [0.15, 0.2) is 11.6 Å². The molecule has 34 atom stereocenters. The monoisotopic (exact) mass is 1330 g/mol. The summed E-state index contributed by atoms with van der Waals surface area (Å²) >= 11 is 0. The number of carbonyl (C=O) groups is 2. The number of carboxylic acids is 1. The van der Waals surface area contributed by atoms with Crippen molar-refractivity contribution in [3.05, 3.63) is 11.6 Å². The van der Waals surface area contributed by atoms with Gasteiger partial charge in [0, 0.05) is 5.41 Å². The van der Waals surface area contributed by atoms with Crippen molar-refractivity contribution in [1.29, 1.82) is 0 Å². The van der Waals surface area contributed by atoms with Gasteiger partial charge in [-0.05, 0) is 104 Å². The molecule has 0 aromatic heterocycles. The summed E-state index contributed by atoms with van der Waals surface area (Å²) in [6.07, 6.45) is -37.1. The van der Waals surface area contributed by atoms with E-state index in [0.29, 0.717) is 38.5 Å². The van der Waals surface area contributed by atoms with Crippen molar-refractivity contribution in [3.8, 4) is 0 Å². The minimum absolute atomic E-state index is 0.0288. The molecule has 0 bridgehead atoms. The van der Waals surface area contributed by atoms with Crippen LogP contribution in [0.1, 0.15) is 99.3 Å². The van der Waals surface area contributed by atoms with Crippen molar-refractivity contribution >= 4 is 11.9 Å². The fraction of sp³-hybridized carbons (Fsp3) is 0.934. The van der Waals surface area contributed by atoms with Crippen LogP contribution in [0, 0.1) is 50.2 Å². The lowest BCUT2D eigenvalue weighted by molar-refractivity contribution is -0.392. The van der Waals surface area contributed by atoms with Gasteiger partial charge in [-0.25, -0.2) is 4.79 Å². The van der Waals surface area contributed by atoms with Crippen LogP contribution in [0.2, 0.25) is 0 Å². The number of aliphatic hydroxyl groups is 17. The predicted octanol–water partition coefficient (Wildman–Crippen LogP) is -5.52. The van der Waals surface area contributed by atoms with E-state index in [0.717, 1.165) is 5.57 Å². The Kier molecular flexibility index (Phi) is 21.5. The van der Waals surface area contributed by atoms with E-state index in [4.69, 9.17) is 52.1 Å². The predicted molar refractivity (Wildman–Crippen MR) is 304 cm³/mol. The molecule has 0 aromatic rings. The van der Waals surface area contributed by atoms with Crippen LogP contribution >= 0.6 is 0 Å². The minimum Gasteiger partial charge on any atom is -0.479 e. The molecule has 5 saturated heterocycles. The van der Waals surface area contributed by atoms with Gasteiger partial charge in [-0.1, -0.05) is 46.3 Å². The van der Waals surface area contributed by atoms with Crippen molar-refractivity contribution in [2.24, 2.45) is 50.2 Å². The van der Waals surface area contributed by atoms with Gasteiger partial charge in [-0.15, -0.1) is 0 Å². The number of ether oxygens (including phenoxy) is 11. The second-order valence-electron chi connectivity index (χ2n) is 29.3. The third kappa shape index (κ3) is 12.5. The summed E-state index contributed by atoms with van der Waals surface area (Å²) < 4.78 is 64.9. The smallest absolute Gasteiger partial charge is 0.335 e. The number of carbonyl (C=O) groups excluding carboxylic acids is 1. The summed E-state index contributed by atoms with van der Waals surface area (Å²) in [5.41, 5.74) is -3.20. The van der Waals surface area contributed by atoms with E-state index < -0.39 is 244 Å². The zero-order chi connectivity index (χ0) is 67.3. The van der Waals surface area contributed by atoms with Crippen LogP contribution in [0.4, 0.5) is 0 Å². The Morgan fingerprint density at radius 2 is 1.20 bits per heavy atom. The van der Waals surface area contributed by atoms with E-state index in [-0.39, 0.29) is 43.1 Å². The number of fused-ring (bicyclic) bond motifs is 7. The molecule has 10 aliphatic rings. The van der Waals surface area contributed by atoms with Crippen LogP contribution in [-0.4, -0.2) is 310 Å². The van der Waals surface area contributed by atoms with Crippen LogP contribution in [-0.2, 0) is 61.7 Å². The Morgan fingerprint density at radius 3 is 1.86 bits per heavy atom. The third-order valence-corrected chi connectivity index (χ3v) is 23.8. The topological polar surface area (TPSA) is 500 Å². The Balaban J connectivity index is 0.853. The molecule has 0 radical (unpaired) electrons. The molecule has 92 heavy (non-hydrogen) atoms. The van der Waals surface area contributed by atoms with Gasteiger partial charge in [0.1, 0.15) is 116 Å². The number of hydrogen-bond donors (Lipinski definition) is 18. The zero-order valence-electron chi connectivity index (χ0n) is 52.5. The minimum atomic E-state index is -1.95. The Labute approximate surface area is 531 Å². The molecule has 5 aliphatic heterocycles. The number of esters is 1. The summed E-state index contributed by atoms with van der Waals surface area (Å²) in [6.45, 7) is 8.52. The maximum atomic E-state index is 14.2. The zero-order valence-corrected chi connectivity index (χ0v) is 52.5. The third-order valence-electron chi connectivity index (χ3n) is 23.8. The SMILES string of the molecule is CC1(C(=O)OCC(O)COC2OC(C(=O)O)C(O)C(O)C2O)CCC2(CO)C(O)CC3(C)C(=CCC4C5(C)CCC(OC6OCC(OC7OC(CO)C(O)C(O)C7OC7OCC(O)C(O)C7O)C(O)C6OC6OC(CO)C(O)C(O)C6O)C(C)(C)C5CCC43C)C2C1. The van der Waals surface area contributed by atoms with Crippen molar-refractivity contribution in [3.63, 3.8) is 0 Å². The number of aliphatic carboxylic acids is 1. The largest absolute Gasteiger partial charge is 0.479 e. The van der Waals surface area contributed by atoms with Crippen LogP contribution < -0.4 is 0 Å². The van der Waals surface area contributed by atoms with Crippen LogP contribution in [0.5, 0.6) is 0 Å². The number of aliphatic hydroxyl groups excluding tert-OH is 17. The average Bonchev–Trinajstić information content (AvgIpc) is 0.674. The summed E-state index contributed by atoms with van der Waals surface area (Å²) in [7, 11) is 0. The standard InChI is InChI=1S/C61H98O31/c1-56(2)31-9-12-59(5)32(8-7-25-26-15-57(3,13-14-61(26,23-64)33(67)16-60(25,59)6)55(81)85-20-24(65)19-82-51-44(77)40(73)42(75)46(90-51)49(79)80)58(31,4)11-10-34(56)89-53-47(92-52-45(78)39(72)36(69)28(17-62)86-52)38(71)30(22-84-53)88-54-48(41(74)37(70)29(18-63)87-54)91-50-43(76)35(68)27(66)21-83-50/h7,24,26-48,50-54,62-78H,8-23H2,1-6H3,(H,79,80). The molecule has 0 amide bonds. The lowest BCUT2D eigenvalue weighted by Crippen LogP contribution is -2.68. The highest BCUT2D eigenvalue weighted by Gasteiger charge is 2.71. The van der Waals surface area contributed by atoms with E-state index in [1.54, 1.807) is 6.92 Å². The molecule has 0 aromatic carbocycles. The first-order chi connectivity index (χ1) is 43.2. The molecule has 528 valence electrons. The summed E-state index contributed by atoms with van der Waals surface area (Å²) in [4.78, 5) is 25.8. The first kappa shape index (κ1) is 72.3. The molecular formula is C61H98O31. The number of hydrogen-bond acceptors (Lipinski definition) is 30. The quantitative estimate of drug-likeness (QED) is 0.0346. The van der Waals surface area contributed by atoms with E-state index in [2.05, 4.69) is 40.7 Å². The highest BCUT2D eigenvalue weighted by Crippen LogP contribution is 2.76. The van der Waals surface area contributed by atoms with E-state index in [1.807, 2.05) is 0 Å². The molecule has 18 N–H and O–H groups in total. The summed E-state index contributed by atoms with van der Waals surface area (Å²) in [5.74, 6) is -2.73. The molecule has 31 nitrogen and oxygen atoms in total. The number of rotatable bonds is 18. The molecule has 0 spiro atoms. The van der Waals surface area contributed by atoms with Gasteiger partial charge in [-0.2, -0.15) is 0 Å². The van der Waals surface area contributed by atoms with Gasteiger partial charge >= 0.3 is 11.9 Å². The maximum Gasteiger partial charge on any atom is 0.335 e. The number of allylic oxidation sites excluding steroid dienone is 2. The van der Waals surface area contributed by atoms with Gasteiger partial charge in [-0.3, -0.25) is 4.79 Å². The van der Waals surface area contributed by atoms with E-state index >= 15 is 0 Å². The van der Waals surface area contributed by atoms with Gasteiger partial charge < -0.3 is 144 Å². The van der Waals surface area contributed by atoms with Crippen molar-refractivity contribution in [2.75, 3.05) is 46.2 Å². The fourth-order valence-corrected chi connectivity index (χ4v) is 17.9. The van der Waals surface area contributed by atoms with Gasteiger partial charge in [0.15, 0.2) is 37.6 Å². The van der Waals surface area contributed by atoms with Crippen LogP contribution in [0.3, 0.4) is 0 Å². The van der Waals surface area contributed by atoms with Gasteiger partial charge in [0.05, 0.1) is 57.3 Å².